The molecule has 0 saturated heterocycles. The highest BCUT2D eigenvalue weighted by Gasteiger charge is 2.07. The number of oxime groups is 1. The van der Waals surface area contributed by atoms with Crippen LogP contribution >= 0.6 is 11.6 Å². The molecule has 0 saturated carbocycles. The van der Waals surface area contributed by atoms with Crippen LogP contribution in [0.1, 0.15) is 18.7 Å². The maximum Gasteiger partial charge on any atom is 0.155 e. The largest absolute Gasteiger partial charge is 0.411 e. The Morgan fingerprint density at radius 3 is 2.94 bits per heavy atom. The molecule has 2 rings (SSSR count). The van der Waals surface area contributed by atoms with Gasteiger partial charge in [-0.2, -0.15) is 0 Å². The number of para-hydroxylation sites is 2. The average molecular weight is 252 g/mol. The maximum atomic E-state index is 8.64. The van der Waals surface area contributed by atoms with E-state index in [0.29, 0.717) is 11.7 Å². The van der Waals surface area contributed by atoms with Crippen molar-refractivity contribution >= 4 is 28.8 Å². The van der Waals surface area contributed by atoms with Gasteiger partial charge in [-0.15, -0.1) is 11.6 Å². The van der Waals surface area contributed by atoms with Crippen LogP contribution in [0.5, 0.6) is 0 Å². The zero-order valence-corrected chi connectivity index (χ0v) is 10.1. The first-order valence-corrected chi connectivity index (χ1v) is 6.09. The van der Waals surface area contributed by atoms with E-state index in [2.05, 4.69) is 10.1 Å². The first-order chi connectivity index (χ1) is 8.36. The molecule has 0 unspecified atom stereocenters. The van der Waals surface area contributed by atoms with Crippen molar-refractivity contribution < 1.29 is 5.21 Å². The van der Waals surface area contributed by atoms with Crippen molar-refractivity contribution in [1.82, 2.24) is 9.55 Å². The van der Waals surface area contributed by atoms with Crippen LogP contribution in [-0.4, -0.2) is 26.9 Å². The lowest BCUT2D eigenvalue weighted by Gasteiger charge is -2.05. The summed E-state index contributed by atoms with van der Waals surface area (Å²) in [5.41, 5.74) is 1.96. The topological polar surface area (TPSA) is 50.4 Å². The molecule has 1 heterocycles. The number of aryl methyl sites for hydroxylation is 1. The Balaban J connectivity index is 2.37. The molecule has 17 heavy (non-hydrogen) atoms. The van der Waals surface area contributed by atoms with E-state index in [0.717, 1.165) is 30.4 Å². The van der Waals surface area contributed by atoms with Gasteiger partial charge in [0.15, 0.2) is 5.82 Å². The SMILES string of the molecule is O/N=C\c1nc2ccccc2n1CCCCCl. The van der Waals surface area contributed by atoms with Crippen molar-refractivity contribution in [1.29, 1.82) is 0 Å². The zero-order chi connectivity index (χ0) is 12.1. The summed E-state index contributed by atoms with van der Waals surface area (Å²) in [5.74, 6) is 1.33. The molecule has 2 aromatic rings. The Labute approximate surface area is 105 Å². The third-order valence-corrected chi connectivity index (χ3v) is 2.89. The number of fused-ring (bicyclic) bond motifs is 1. The lowest BCUT2D eigenvalue weighted by atomic mass is 10.3. The molecule has 0 aliphatic carbocycles. The minimum absolute atomic E-state index is 0.663. The van der Waals surface area contributed by atoms with Gasteiger partial charge in [0.05, 0.1) is 11.0 Å². The monoisotopic (exact) mass is 251 g/mol. The van der Waals surface area contributed by atoms with Crippen LogP contribution in [-0.2, 0) is 6.54 Å². The number of rotatable bonds is 5. The highest BCUT2D eigenvalue weighted by atomic mass is 35.5. The molecule has 0 fully saturated rings. The Morgan fingerprint density at radius 2 is 2.18 bits per heavy atom. The second-order valence-electron chi connectivity index (χ2n) is 3.75. The van der Waals surface area contributed by atoms with E-state index in [1.54, 1.807) is 0 Å². The number of hydrogen-bond acceptors (Lipinski definition) is 3. The number of alkyl halides is 1. The fourth-order valence-electron chi connectivity index (χ4n) is 1.84. The van der Waals surface area contributed by atoms with Crippen molar-refractivity contribution in [2.24, 2.45) is 5.16 Å². The van der Waals surface area contributed by atoms with Gasteiger partial charge in [0, 0.05) is 12.4 Å². The number of imidazole rings is 1. The van der Waals surface area contributed by atoms with Crippen molar-refractivity contribution in [3.63, 3.8) is 0 Å². The van der Waals surface area contributed by atoms with Crippen molar-refractivity contribution in [2.45, 2.75) is 19.4 Å². The smallest absolute Gasteiger partial charge is 0.155 e. The summed E-state index contributed by atoms with van der Waals surface area (Å²) in [6, 6.07) is 7.88. The number of benzene rings is 1. The predicted molar refractivity (Wildman–Crippen MR) is 69.1 cm³/mol. The fourth-order valence-corrected chi connectivity index (χ4v) is 2.03. The standard InChI is InChI=1S/C12H14ClN3O/c13-7-3-4-8-16-11-6-2-1-5-10(11)15-12(16)9-14-17/h1-2,5-6,9,17H,3-4,7-8H2/b14-9-. The molecule has 0 amide bonds. The summed E-state index contributed by atoms with van der Waals surface area (Å²) in [6.07, 6.45) is 3.31. The molecule has 0 atom stereocenters. The summed E-state index contributed by atoms with van der Waals surface area (Å²) in [7, 11) is 0. The highest BCUT2D eigenvalue weighted by molar-refractivity contribution is 6.17. The molecule has 0 spiro atoms. The van der Waals surface area contributed by atoms with Crippen LogP contribution in [0.2, 0.25) is 0 Å². The molecule has 4 nitrogen and oxygen atoms in total. The van der Waals surface area contributed by atoms with Crippen LogP contribution in [0.4, 0.5) is 0 Å². The number of halogens is 1. The van der Waals surface area contributed by atoms with Crippen molar-refractivity contribution in [3.05, 3.63) is 30.1 Å². The molecular weight excluding hydrogens is 238 g/mol. The van der Waals surface area contributed by atoms with Crippen LogP contribution < -0.4 is 0 Å². The van der Waals surface area contributed by atoms with Gasteiger partial charge >= 0.3 is 0 Å². The normalized spacial score (nSPS) is 11.6. The van der Waals surface area contributed by atoms with Gasteiger partial charge in [-0.1, -0.05) is 17.3 Å². The van der Waals surface area contributed by atoms with Gasteiger partial charge in [-0.3, -0.25) is 0 Å². The third kappa shape index (κ3) is 2.58. The molecule has 0 bridgehead atoms. The van der Waals surface area contributed by atoms with Crippen molar-refractivity contribution in [2.75, 3.05) is 5.88 Å². The summed E-state index contributed by atoms with van der Waals surface area (Å²) < 4.78 is 2.04. The minimum Gasteiger partial charge on any atom is -0.411 e. The molecular formula is C12H14ClN3O. The molecule has 5 heteroatoms. The average Bonchev–Trinajstić information content (AvgIpc) is 2.69. The van der Waals surface area contributed by atoms with E-state index in [1.165, 1.54) is 6.21 Å². The van der Waals surface area contributed by atoms with E-state index in [9.17, 15) is 0 Å². The summed E-state index contributed by atoms with van der Waals surface area (Å²) in [6.45, 7) is 0.828. The van der Waals surface area contributed by atoms with E-state index < -0.39 is 0 Å². The second-order valence-corrected chi connectivity index (χ2v) is 4.13. The molecule has 90 valence electrons. The van der Waals surface area contributed by atoms with Crippen LogP contribution in [0.15, 0.2) is 29.4 Å². The zero-order valence-electron chi connectivity index (χ0n) is 9.38. The van der Waals surface area contributed by atoms with Gasteiger partial charge in [-0.25, -0.2) is 4.98 Å². The number of nitrogens with zero attached hydrogens (tertiary/aromatic N) is 3. The third-order valence-electron chi connectivity index (χ3n) is 2.62. The number of unbranched alkanes of at least 4 members (excludes halogenated alkanes) is 1. The van der Waals surface area contributed by atoms with Crippen molar-refractivity contribution in [3.8, 4) is 0 Å². The molecule has 1 aromatic heterocycles. The fraction of sp³-hybridized carbons (Fsp3) is 0.333. The quantitative estimate of drug-likeness (QED) is 0.292. The van der Waals surface area contributed by atoms with E-state index >= 15 is 0 Å². The summed E-state index contributed by atoms with van der Waals surface area (Å²) >= 11 is 5.67. The van der Waals surface area contributed by atoms with E-state index in [-0.39, 0.29) is 0 Å². The van der Waals surface area contributed by atoms with Crippen LogP contribution in [0.3, 0.4) is 0 Å². The molecule has 1 aromatic carbocycles. The van der Waals surface area contributed by atoms with Crippen LogP contribution in [0, 0.1) is 0 Å². The molecule has 1 N–H and O–H groups in total. The highest BCUT2D eigenvalue weighted by Crippen LogP contribution is 2.16. The molecule has 0 radical (unpaired) electrons. The predicted octanol–water partition coefficient (Wildman–Crippen LogP) is 2.86. The maximum absolute atomic E-state index is 8.64. The Morgan fingerprint density at radius 1 is 1.35 bits per heavy atom. The molecule has 0 aliphatic rings. The summed E-state index contributed by atoms with van der Waals surface area (Å²) in [4.78, 5) is 4.40. The first kappa shape index (κ1) is 11.9. The van der Waals surface area contributed by atoms with Crippen LogP contribution in [0.25, 0.3) is 11.0 Å². The minimum atomic E-state index is 0.663. The van der Waals surface area contributed by atoms with Gasteiger partial charge < -0.3 is 9.77 Å². The molecule has 0 aliphatic heterocycles. The van der Waals surface area contributed by atoms with E-state index in [1.807, 2.05) is 28.8 Å². The Bertz CT molecular complexity index is 521. The lowest BCUT2D eigenvalue weighted by Crippen LogP contribution is -2.03. The second kappa shape index (κ2) is 5.68. The van der Waals surface area contributed by atoms with E-state index in [4.69, 9.17) is 16.8 Å². The Hall–Kier alpha value is -1.55. The van der Waals surface area contributed by atoms with Gasteiger partial charge in [0.25, 0.3) is 0 Å². The lowest BCUT2D eigenvalue weighted by molar-refractivity contribution is 0.321. The van der Waals surface area contributed by atoms with Gasteiger partial charge in [0.1, 0.15) is 6.21 Å². The Kier molecular flexibility index (Phi) is 3.98. The van der Waals surface area contributed by atoms with Gasteiger partial charge in [-0.05, 0) is 25.0 Å². The first-order valence-electron chi connectivity index (χ1n) is 5.55. The summed E-state index contributed by atoms with van der Waals surface area (Å²) in [5, 5.41) is 11.7. The van der Waals surface area contributed by atoms with Gasteiger partial charge in [0.2, 0.25) is 0 Å². The number of aromatic nitrogens is 2. The number of hydrogen-bond donors (Lipinski definition) is 1.